The summed E-state index contributed by atoms with van der Waals surface area (Å²) in [5.74, 6) is -2.59. The van der Waals surface area contributed by atoms with Crippen molar-refractivity contribution in [1.29, 1.82) is 0 Å². The first-order chi connectivity index (χ1) is 14.7. The van der Waals surface area contributed by atoms with Crippen LogP contribution in [0.4, 0.5) is 20.4 Å². The van der Waals surface area contributed by atoms with E-state index < -0.39 is 21.7 Å². The van der Waals surface area contributed by atoms with E-state index in [9.17, 15) is 22.0 Å². The second-order valence-corrected chi connectivity index (χ2v) is 8.12. The van der Waals surface area contributed by atoms with Gasteiger partial charge in [0.15, 0.2) is 11.6 Å². The van der Waals surface area contributed by atoms with Gasteiger partial charge in [0.1, 0.15) is 10.6 Å². The SMILES string of the molecule is CCc1noc(NC(C)=O)c1-c1ccc(OC)c(S(=O)(=O)Nc2ccc(F)c(F)c2)c1. The number of rotatable bonds is 7. The highest BCUT2D eigenvalue weighted by molar-refractivity contribution is 7.92. The zero-order valence-corrected chi connectivity index (χ0v) is 17.6. The van der Waals surface area contributed by atoms with Gasteiger partial charge in [-0.05, 0) is 36.2 Å². The molecule has 0 bridgehead atoms. The molecule has 0 aliphatic heterocycles. The third kappa shape index (κ3) is 4.66. The first kappa shape index (κ1) is 22.2. The van der Waals surface area contributed by atoms with Crippen molar-refractivity contribution in [3.05, 3.63) is 53.7 Å². The highest BCUT2D eigenvalue weighted by Gasteiger charge is 2.24. The Balaban J connectivity index is 2.10. The van der Waals surface area contributed by atoms with Gasteiger partial charge < -0.3 is 9.26 Å². The number of sulfonamides is 1. The first-order valence-electron chi connectivity index (χ1n) is 9.08. The largest absolute Gasteiger partial charge is 0.495 e. The number of halogens is 2. The Morgan fingerprint density at radius 1 is 1.16 bits per heavy atom. The fourth-order valence-corrected chi connectivity index (χ4v) is 4.16. The van der Waals surface area contributed by atoms with E-state index in [1.165, 1.54) is 26.2 Å². The fraction of sp³-hybridized carbons (Fsp3) is 0.200. The van der Waals surface area contributed by atoms with Crippen molar-refractivity contribution >= 4 is 27.5 Å². The number of anilines is 2. The normalized spacial score (nSPS) is 11.3. The molecule has 8 nitrogen and oxygen atoms in total. The number of nitrogens with one attached hydrogen (secondary N) is 2. The number of ether oxygens (including phenoxy) is 1. The van der Waals surface area contributed by atoms with E-state index in [4.69, 9.17) is 9.26 Å². The predicted molar refractivity (Wildman–Crippen MR) is 109 cm³/mol. The molecule has 0 unspecified atom stereocenters. The summed E-state index contributed by atoms with van der Waals surface area (Å²) in [6.45, 7) is 3.12. The molecule has 0 atom stereocenters. The van der Waals surface area contributed by atoms with Crippen LogP contribution in [-0.2, 0) is 21.2 Å². The number of nitrogens with zero attached hydrogens (tertiary/aromatic N) is 1. The zero-order chi connectivity index (χ0) is 22.8. The second kappa shape index (κ2) is 8.72. The summed E-state index contributed by atoms with van der Waals surface area (Å²) in [4.78, 5) is 11.2. The molecule has 1 aromatic heterocycles. The summed E-state index contributed by atoms with van der Waals surface area (Å²) >= 11 is 0. The monoisotopic (exact) mass is 451 g/mol. The molecule has 0 spiro atoms. The van der Waals surface area contributed by atoms with Crippen molar-refractivity contribution in [3.63, 3.8) is 0 Å². The lowest BCUT2D eigenvalue weighted by Gasteiger charge is -2.14. The molecule has 1 amide bonds. The van der Waals surface area contributed by atoms with Crippen molar-refractivity contribution in [2.24, 2.45) is 0 Å². The van der Waals surface area contributed by atoms with E-state index in [0.29, 0.717) is 23.2 Å². The van der Waals surface area contributed by atoms with E-state index in [0.717, 1.165) is 18.2 Å². The number of hydrogen-bond donors (Lipinski definition) is 2. The molecule has 31 heavy (non-hydrogen) atoms. The van der Waals surface area contributed by atoms with Gasteiger partial charge in [-0.25, -0.2) is 17.2 Å². The Morgan fingerprint density at radius 2 is 1.90 bits per heavy atom. The number of hydrogen-bond acceptors (Lipinski definition) is 6. The van der Waals surface area contributed by atoms with Crippen molar-refractivity contribution < 1.29 is 31.3 Å². The summed E-state index contributed by atoms with van der Waals surface area (Å²) in [5.41, 5.74) is 1.16. The predicted octanol–water partition coefficient (Wildman–Crippen LogP) is 3.95. The first-order valence-corrected chi connectivity index (χ1v) is 10.6. The number of carbonyl (C=O) groups excluding carboxylic acids is 1. The standard InChI is InChI=1S/C20H19F2N3O5S/c1-4-16-19(20(30-24-16)23-11(2)26)12-5-8-17(29-3)18(9-12)31(27,28)25-13-6-7-14(21)15(22)10-13/h5-10,25H,4H2,1-3H3,(H,23,26). The molecule has 0 saturated heterocycles. The summed E-state index contributed by atoms with van der Waals surface area (Å²) in [6.07, 6.45) is 0.458. The van der Waals surface area contributed by atoms with Gasteiger partial charge in [0.2, 0.25) is 11.8 Å². The number of aryl methyl sites for hydroxylation is 1. The van der Waals surface area contributed by atoms with E-state index in [2.05, 4.69) is 15.2 Å². The van der Waals surface area contributed by atoms with E-state index in [-0.39, 0.29) is 28.1 Å². The van der Waals surface area contributed by atoms with Crippen molar-refractivity contribution in [3.8, 4) is 16.9 Å². The average molecular weight is 451 g/mol. The van der Waals surface area contributed by atoms with Gasteiger partial charge in [0.25, 0.3) is 10.0 Å². The van der Waals surface area contributed by atoms with Crippen LogP contribution in [0.5, 0.6) is 5.75 Å². The lowest BCUT2D eigenvalue weighted by atomic mass is 10.0. The number of benzene rings is 2. The van der Waals surface area contributed by atoms with Gasteiger partial charge in [-0.15, -0.1) is 0 Å². The average Bonchev–Trinajstić information content (AvgIpc) is 3.12. The van der Waals surface area contributed by atoms with Gasteiger partial charge in [-0.3, -0.25) is 14.8 Å². The molecule has 2 aromatic carbocycles. The molecule has 164 valence electrons. The third-order valence-corrected chi connectivity index (χ3v) is 5.70. The second-order valence-electron chi connectivity index (χ2n) is 6.47. The zero-order valence-electron chi connectivity index (χ0n) is 16.8. The number of carbonyl (C=O) groups is 1. The summed E-state index contributed by atoms with van der Waals surface area (Å²) in [6, 6.07) is 6.97. The maximum absolute atomic E-state index is 13.5. The van der Waals surface area contributed by atoms with Crippen LogP contribution >= 0.6 is 0 Å². The van der Waals surface area contributed by atoms with Crippen LogP contribution in [0, 0.1) is 11.6 Å². The third-order valence-electron chi connectivity index (χ3n) is 4.30. The molecule has 0 aliphatic rings. The quantitative estimate of drug-likeness (QED) is 0.563. The minimum Gasteiger partial charge on any atom is -0.495 e. The van der Waals surface area contributed by atoms with Crippen molar-refractivity contribution in [1.82, 2.24) is 5.16 Å². The van der Waals surface area contributed by atoms with Gasteiger partial charge in [0.05, 0.1) is 24.1 Å². The number of amides is 1. The molecule has 0 radical (unpaired) electrons. The Kier molecular flexibility index (Phi) is 6.25. The summed E-state index contributed by atoms with van der Waals surface area (Å²) in [7, 11) is -2.96. The molecule has 0 saturated carbocycles. The van der Waals surface area contributed by atoms with E-state index >= 15 is 0 Å². The molecule has 1 heterocycles. The van der Waals surface area contributed by atoms with Crippen LogP contribution in [0.25, 0.3) is 11.1 Å². The summed E-state index contributed by atoms with van der Waals surface area (Å²) < 4.78 is 65.2. The lowest BCUT2D eigenvalue weighted by molar-refractivity contribution is -0.114. The van der Waals surface area contributed by atoms with Gasteiger partial charge in [-0.2, -0.15) is 0 Å². The molecule has 2 N–H and O–H groups in total. The van der Waals surface area contributed by atoms with Crippen LogP contribution in [0.2, 0.25) is 0 Å². The maximum atomic E-state index is 13.5. The fourth-order valence-electron chi connectivity index (χ4n) is 2.92. The highest BCUT2D eigenvalue weighted by Crippen LogP contribution is 2.37. The van der Waals surface area contributed by atoms with Crippen LogP contribution in [0.15, 0.2) is 45.8 Å². The number of aromatic nitrogens is 1. The Labute approximate surface area is 177 Å². The summed E-state index contributed by atoms with van der Waals surface area (Å²) in [5, 5.41) is 6.44. The minimum atomic E-state index is -4.26. The lowest BCUT2D eigenvalue weighted by Crippen LogP contribution is -2.14. The van der Waals surface area contributed by atoms with Crippen LogP contribution in [-0.4, -0.2) is 26.6 Å². The van der Waals surface area contributed by atoms with Gasteiger partial charge in [0, 0.05) is 13.0 Å². The molecule has 3 rings (SSSR count). The van der Waals surface area contributed by atoms with Gasteiger partial charge in [-0.1, -0.05) is 18.1 Å². The Hall–Kier alpha value is -3.47. The van der Waals surface area contributed by atoms with Crippen molar-refractivity contribution in [2.75, 3.05) is 17.1 Å². The van der Waals surface area contributed by atoms with E-state index in [1.54, 1.807) is 6.07 Å². The van der Waals surface area contributed by atoms with Crippen LogP contribution in [0.1, 0.15) is 19.5 Å². The molecule has 0 aliphatic carbocycles. The molecular weight excluding hydrogens is 432 g/mol. The number of methoxy groups -OCH3 is 1. The molecular formula is C20H19F2N3O5S. The Bertz CT molecular complexity index is 1240. The maximum Gasteiger partial charge on any atom is 0.265 e. The van der Waals surface area contributed by atoms with Gasteiger partial charge >= 0.3 is 0 Å². The van der Waals surface area contributed by atoms with Crippen molar-refractivity contribution in [2.45, 2.75) is 25.2 Å². The smallest absolute Gasteiger partial charge is 0.265 e. The van der Waals surface area contributed by atoms with E-state index in [1.807, 2.05) is 6.92 Å². The van der Waals surface area contributed by atoms with Crippen LogP contribution in [0.3, 0.4) is 0 Å². The molecule has 0 fully saturated rings. The molecule has 3 aromatic rings. The Morgan fingerprint density at radius 3 is 2.52 bits per heavy atom. The highest BCUT2D eigenvalue weighted by atomic mass is 32.2. The van der Waals surface area contributed by atoms with Crippen LogP contribution < -0.4 is 14.8 Å². The molecule has 11 heteroatoms. The topological polar surface area (TPSA) is 111 Å². The minimum absolute atomic E-state index is 0.0226.